The lowest BCUT2D eigenvalue weighted by atomic mass is 9.81. The second-order valence-corrected chi connectivity index (χ2v) is 6.81. The number of amides is 2. The lowest BCUT2D eigenvalue weighted by Crippen LogP contribution is -2.60. The number of hydrogen-bond acceptors (Lipinski definition) is 3. The van der Waals surface area contributed by atoms with Gasteiger partial charge in [-0.3, -0.25) is 9.59 Å². The standard InChI is InChI=1S/C18H24FN3O2/c19-15-6-4-14(5-7-15)16(23)21-10-12-22(13-11-21)17(24)18(20)8-2-1-3-9-18/h4-7H,1-3,8-13,20H2. The van der Waals surface area contributed by atoms with Gasteiger partial charge in [0.25, 0.3) is 5.91 Å². The molecule has 1 aromatic rings. The van der Waals surface area contributed by atoms with Gasteiger partial charge in [0.2, 0.25) is 5.91 Å². The maximum atomic E-state index is 13.0. The van der Waals surface area contributed by atoms with E-state index in [0.717, 1.165) is 32.1 Å². The molecule has 1 aliphatic heterocycles. The molecule has 6 heteroatoms. The van der Waals surface area contributed by atoms with E-state index in [1.807, 2.05) is 0 Å². The second kappa shape index (κ2) is 6.89. The van der Waals surface area contributed by atoms with Gasteiger partial charge in [0, 0.05) is 31.7 Å². The van der Waals surface area contributed by atoms with Crippen LogP contribution >= 0.6 is 0 Å². The Labute approximate surface area is 141 Å². The van der Waals surface area contributed by atoms with Crippen LogP contribution in [0.3, 0.4) is 0 Å². The number of halogens is 1. The highest BCUT2D eigenvalue weighted by Crippen LogP contribution is 2.28. The van der Waals surface area contributed by atoms with Crippen molar-refractivity contribution in [1.29, 1.82) is 0 Å². The molecule has 1 heterocycles. The normalized spacial score (nSPS) is 20.8. The summed E-state index contributed by atoms with van der Waals surface area (Å²) in [5, 5.41) is 0. The number of piperazine rings is 1. The first kappa shape index (κ1) is 16.9. The minimum absolute atomic E-state index is 0.0241. The fourth-order valence-electron chi connectivity index (χ4n) is 3.60. The molecule has 0 bridgehead atoms. The zero-order valence-electron chi connectivity index (χ0n) is 13.8. The van der Waals surface area contributed by atoms with Gasteiger partial charge in [-0.2, -0.15) is 0 Å². The summed E-state index contributed by atoms with van der Waals surface area (Å²) in [7, 11) is 0. The van der Waals surface area contributed by atoms with E-state index in [1.165, 1.54) is 24.3 Å². The third kappa shape index (κ3) is 3.43. The maximum Gasteiger partial charge on any atom is 0.253 e. The molecule has 1 saturated carbocycles. The van der Waals surface area contributed by atoms with E-state index in [2.05, 4.69) is 0 Å². The van der Waals surface area contributed by atoms with E-state index in [1.54, 1.807) is 9.80 Å². The Morgan fingerprint density at radius 2 is 1.46 bits per heavy atom. The van der Waals surface area contributed by atoms with Crippen molar-refractivity contribution in [1.82, 2.24) is 9.80 Å². The first-order chi connectivity index (χ1) is 11.5. The average molecular weight is 333 g/mol. The highest BCUT2D eigenvalue weighted by molar-refractivity contribution is 5.94. The van der Waals surface area contributed by atoms with E-state index in [-0.39, 0.29) is 17.6 Å². The first-order valence-electron chi connectivity index (χ1n) is 8.63. The van der Waals surface area contributed by atoms with E-state index in [9.17, 15) is 14.0 Å². The van der Waals surface area contributed by atoms with Crippen LogP contribution in [0, 0.1) is 5.82 Å². The van der Waals surface area contributed by atoms with Crippen LogP contribution in [-0.4, -0.2) is 53.3 Å². The fourth-order valence-corrected chi connectivity index (χ4v) is 3.60. The molecule has 2 N–H and O–H groups in total. The molecule has 0 radical (unpaired) electrons. The number of benzene rings is 1. The molecule has 0 unspecified atom stereocenters. The van der Waals surface area contributed by atoms with E-state index >= 15 is 0 Å². The van der Waals surface area contributed by atoms with Crippen LogP contribution in [0.1, 0.15) is 42.5 Å². The fraction of sp³-hybridized carbons (Fsp3) is 0.556. The molecule has 5 nitrogen and oxygen atoms in total. The quantitative estimate of drug-likeness (QED) is 0.897. The van der Waals surface area contributed by atoms with Crippen LogP contribution in [0.25, 0.3) is 0 Å². The third-order valence-corrected chi connectivity index (χ3v) is 5.12. The van der Waals surface area contributed by atoms with Gasteiger partial charge in [0.1, 0.15) is 5.82 Å². The van der Waals surface area contributed by atoms with E-state index in [4.69, 9.17) is 5.73 Å². The Bertz CT molecular complexity index is 603. The minimum Gasteiger partial charge on any atom is -0.338 e. The van der Waals surface area contributed by atoms with Crippen molar-refractivity contribution in [2.75, 3.05) is 26.2 Å². The number of carbonyl (C=O) groups excluding carboxylic acids is 2. The molecule has 2 aliphatic rings. The van der Waals surface area contributed by atoms with Crippen molar-refractivity contribution < 1.29 is 14.0 Å². The van der Waals surface area contributed by atoms with Crippen molar-refractivity contribution in [3.63, 3.8) is 0 Å². The lowest BCUT2D eigenvalue weighted by molar-refractivity contribution is -0.139. The van der Waals surface area contributed by atoms with Crippen molar-refractivity contribution >= 4 is 11.8 Å². The molecular formula is C18H24FN3O2. The molecular weight excluding hydrogens is 309 g/mol. The van der Waals surface area contributed by atoms with Crippen LogP contribution in [-0.2, 0) is 4.79 Å². The summed E-state index contributed by atoms with van der Waals surface area (Å²) in [6, 6.07) is 5.56. The molecule has 1 aliphatic carbocycles. The summed E-state index contributed by atoms with van der Waals surface area (Å²) >= 11 is 0. The Balaban J connectivity index is 1.58. The maximum absolute atomic E-state index is 13.0. The van der Waals surface area contributed by atoms with E-state index < -0.39 is 5.54 Å². The van der Waals surface area contributed by atoms with Gasteiger partial charge < -0.3 is 15.5 Å². The van der Waals surface area contributed by atoms with Crippen molar-refractivity contribution in [2.45, 2.75) is 37.6 Å². The van der Waals surface area contributed by atoms with Crippen molar-refractivity contribution in [3.05, 3.63) is 35.6 Å². The number of rotatable bonds is 2. The average Bonchev–Trinajstić information content (AvgIpc) is 2.62. The molecule has 0 atom stereocenters. The number of nitrogens with zero attached hydrogens (tertiary/aromatic N) is 2. The highest BCUT2D eigenvalue weighted by atomic mass is 19.1. The molecule has 1 aromatic carbocycles. The number of hydrogen-bond donors (Lipinski definition) is 1. The Morgan fingerprint density at radius 1 is 0.917 bits per heavy atom. The van der Waals surface area contributed by atoms with Crippen molar-refractivity contribution in [2.24, 2.45) is 5.73 Å². The lowest BCUT2D eigenvalue weighted by Gasteiger charge is -2.41. The van der Waals surface area contributed by atoms with Gasteiger partial charge >= 0.3 is 0 Å². The summed E-state index contributed by atoms with van der Waals surface area (Å²) in [6.45, 7) is 1.98. The summed E-state index contributed by atoms with van der Waals surface area (Å²) in [5.74, 6) is -0.457. The van der Waals surface area contributed by atoms with Gasteiger partial charge in [-0.25, -0.2) is 4.39 Å². The van der Waals surface area contributed by atoms with Gasteiger partial charge in [0.05, 0.1) is 5.54 Å². The topological polar surface area (TPSA) is 66.6 Å². The van der Waals surface area contributed by atoms with Gasteiger partial charge in [0.15, 0.2) is 0 Å². The number of carbonyl (C=O) groups is 2. The molecule has 2 fully saturated rings. The first-order valence-corrected chi connectivity index (χ1v) is 8.63. The van der Waals surface area contributed by atoms with Crippen LogP contribution in [0.5, 0.6) is 0 Å². The van der Waals surface area contributed by atoms with Gasteiger partial charge in [-0.05, 0) is 37.1 Å². The van der Waals surface area contributed by atoms with E-state index in [0.29, 0.717) is 31.7 Å². The predicted molar refractivity (Wildman–Crippen MR) is 88.9 cm³/mol. The summed E-state index contributed by atoms with van der Waals surface area (Å²) in [5.41, 5.74) is 6.08. The van der Waals surface area contributed by atoms with Crippen LogP contribution in [0.2, 0.25) is 0 Å². The Morgan fingerprint density at radius 3 is 2.04 bits per heavy atom. The van der Waals surface area contributed by atoms with Crippen LogP contribution < -0.4 is 5.73 Å². The van der Waals surface area contributed by atoms with Crippen LogP contribution in [0.15, 0.2) is 24.3 Å². The number of nitrogens with two attached hydrogens (primary N) is 1. The molecule has 130 valence electrons. The van der Waals surface area contributed by atoms with Crippen LogP contribution in [0.4, 0.5) is 4.39 Å². The zero-order valence-corrected chi connectivity index (χ0v) is 13.8. The van der Waals surface area contributed by atoms with Gasteiger partial charge in [-0.15, -0.1) is 0 Å². The summed E-state index contributed by atoms with van der Waals surface area (Å²) < 4.78 is 13.0. The Kier molecular flexibility index (Phi) is 4.85. The SMILES string of the molecule is NC1(C(=O)N2CCN(C(=O)c3ccc(F)cc3)CC2)CCCCC1. The molecule has 0 spiro atoms. The van der Waals surface area contributed by atoms with Gasteiger partial charge in [-0.1, -0.05) is 19.3 Å². The smallest absolute Gasteiger partial charge is 0.253 e. The largest absolute Gasteiger partial charge is 0.338 e. The predicted octanol–water partition coefficient (Wildman–Crippen LogP) is 1.77. The molecule has 24 heavy (non-hydrogen) atoms. The van der Waals surface area contributed by atoms with Crippen molar-refractivity contribution in [3.8, 4) is 0 Å². The highest BCUT2D eigenvalue weighted by Gasteiger charge is 2.39. The monoisotopic (exact) mass is 333 g/mol. The molecule has 2 amide bonds. The minimum atomic E-state index is -0.721. The Hall–Kier alpha value is -1.95. The zero-order chi connectivity index (χ0) is 17.2. The summed E-state index contributed by atoms with van der Waals surface area (Å²) in [4.78, 5) is 28.6. The second-order valence-electron chi connectivity index (χ2n) is 6.81. The molecule has 1 saturated heterocycles. The third-order valence-electron chi connectivity index (χ3n) is 5.12. The molecule has 3 rings (SSSR count). The molecule has 0 aromatic heterocycles. The summed E-state index contributed by atoms with van der Waals surface area (Å²) in [6.07, 6.45) is 4.66.